The summed E-state index contributed by atoms with van der Waals surface area (Å²) in [6.45, 7) is 3.09. The molecule has 1 aromatic heterocycles. The van der Waals surface area contributed by atoms with Gasteiger partial charge in [-0.05, 0) is 42.2 Å². The van der Waals surface area contributed by atoms with E-state index in [2.05, 4.69) is 29.7 Å². The van der Waals surface area contributed by atoms with Gasteiger partial charge in [-0.2, -0.15) is 5.10 Å². The quantitative estimate of drug-likeness (QED) is 0.380. The van der Waals surface area contributed by atoms with Crippen LogP contribution in [-0.4, -0.2) is 21.6 Å². The molecule has 0 radical (unpaired) electrons. The summed E-state index contributed by atoms with van der Waals surface area (Å²) in [6, 6.07) is 27.2. The molecular weight excluding hydrogens is 436 g/mol. The van der Waals surface area contributed by atoms with E-state index in [4.69, 9.17) is 5.10 Å². The minimum Gasteiger partial charge on any atom is -0.348 e. The molecule has 1 heterocycles. The SMILES string of the molecule is CC1CC1C(=O)Nc1ccc(C(=O)NCc2cn(Cc3ccccc3)nc2-c2ccccc2)cc1. The third-order valence-corrected chi connectivity index (χ3v) is 6.37. The van der Waals surface area contributed by atoms with Gasteiger partial charge < -0.3 is 10.6 Å². The Morgan fingerprint density at radius 3 is 2.26 bits per heavy atom. The molecule has 1 aliphatic carbocycles. The van der Waals surface area contributed by atoms with Gasteiger partial charge in [-0.3, -0.25) is 14.3 Å². The fourth-order valence-corrected chi connectivity index (χ4v) is 4.19. The van der Waals surface area contributed by atoms with Crippen molar-refractivity contribution in [1.29, 1.82) is 0 Å². The average Bonchev–Trinajstić information content (AvgIpc) is 3.49. The van der Waals surface area contributed by atoms with E-state index in [9.17, 15) is 9.59 Å². The van der Waals surface area contributed by atoms with E-state index in [1.54, 1.807) is 24.3 Å². The van der Waals surface area contributed by atoms with Gasteiger partial charge in [0.15, 0.2) is 0 Å². The van der Waals surface area contributed by atoms with E-state index in [-0.39, 0.29) is 17.7 Å². The molecule has 0 saturated heterocycles. The standard InChI is InChI=1S/C29H28N4O2/c1-20-16-26(20)29(35)31-25-14-12-23(13-15-25)28(34)30-17-24-19-33(18-21-8-4-2-5-9-21)32-27(24)22-10-6-3-7-11-22/h2-15,19-20,26H,16-18H2,1H3,(H,30,34)(H,31,35). The average molecular weight is 465 g/mol. The number of anilines is 1. The summed E-state index contributed by atoms with van der Waals surface area (Å²) in [5.41, 5.74) is 5.22. The zero-order valence-corrected chi connectivity index (χ0v) is 19.6. The van der Waals surface area contributed by atoms with Gasteiger partial charge in [0, 0.05) is 41.0 Å². The zero-order chi connectivity index (χ0) is 24.2. The Kier molecular flexibility index (Phi) is 6.44. The van der Waals surface area contributed by atoms with E-state index in [1.807, 2.05) is 59.4 Å². The second kappa shape index (κ2) is 9.97. The summed E-state index contributed by atoms with van der Waals surface area (Å²) in [7, 11) is 0. The van der Waals surface area contributed by atoms with Crippen molar-refractivity contribution in [1.82, 2.24) is 15.1 Å². The molecule has 0 aliphatic heterocycles. The van der Waals surface area contributed by atoms with Crippen LogP contribution >= 0.6 is 0 Å². The van der Waals surface area contributed by atoms with E-state index in [0.717, 1.165) is 28.8 Å². The number of hydrogen-bond donors (Lipinski definition) is 2. The summed E-state index contributed by atoms with van der Waals surface area (Å²) < 4.78 is 1.91. The largest absolute Gasteiger partial charge is 0.348 e. The van der Waals surface area contributed by atoms with Crippen molar-refractivity contribution in [2.45, 2.75) is 26.4 Å². The van der Waals surface area contributed by atoms with E-state index in [0.29, 0.717) is 30.3 Å². The first kappa shape index (κ1) is 22.6. The smallest absolute Gasteiger partial charge is 0.251 e. The fourth-order valence-electron chi connectivity index (χ4n) is 4.19. The van der Waals surface area contributed by atoms with Crippen molar-refractivity contribution < 1.29 is 9.59 Å². The normalized spacial score (nSPS) is 16.5. The van der Waals surface area contributed by atoms with Gasteiger partial charge in [0.1, 0.15) is 0 Å². The Bertz CT molecular complexity index is 1310. The van der Waals surface area contributed by atoms with Crippen LogP contribution in [0.3, 0.4) is 0 Å². The van der Waals surface area contributed by atoms with Gasteiger partial charge >= 0.3 is 0 Å². The maximum absolute atomic E-state index is 12.8. The van der Waals surface area contributed by atoms with Crippen molar-refractivity contribution in [3.05, 3.63) is 108 Å². The second-order valence-electron chi connectivity index (χ2n) is 9.12. The predicted molar refractivity (Wildman–Crippen MR) is 137 cm³/mol. The van der Waals surface area contributed by atoms with Crippen molar-refractivity contribution in [2.24, 2.45) is 11.8 Å². The molecule has 176 valence electrons. The molecule has 2 amide bonds. The van der Waals surface area contributed by atoms with Gasteiger partial charge in [0.05, 0.1) is 12.2 Å². The lowest BCUT2D eigenvalue weighted by Gasteiger charge is -2.08. The van der Waals surface area contributed by atoms with Crippen LogP contribution in [0, 0.1) is 11.8 Å². The number of carbonyl (C=O) groups excluding carboxylic acids is 2. The van der Waals surface area contributed by atoms with Gasteiger partial charge in [-0.1, -0.05) is 67.6 Å². The molecule has 35 heavy (non-hydrogen) atoms. The second-order valence-corrected chi connectivity index (χ2v) is 9.12. The lowest BCUT2D eigenvalue weighted by atomic mass is 10.1. The summed E-state index contributed by atoms with van der Waals surface area (Å²) in [6.07, 6.45) is 2.94. The van der Waals surface area contributed by atoms with Gasteiger partial charge in [-0.25, -0.2) is 0 Å². The van der Waals surface area contributed by atoms with E-state index < -0.39 is 0 Å². The Labute approximate surface area is 205 Å². The summed E-state index contributed by atoms with van der Waals surface area (Å²) in [5, 5.41) is 10.8. The Morgan fingerprint density at radius 2 is 1.60 bits per heavy atom. The Hall–Kier alpha value is -4.19. The van der Waals surface area contributed by atoms with Crippen LogP contribution < -0.4 is 10.6 Å². The number of nitrogens with zero attached hydrogens (tertiary/aromatic N) is 2. The zero-order valence-electron chi connectivity index (χ0n) is 19.6. The third kappa shape index (κ3) is 5.49. The molecule has 4 aromatic rings. The fraction of sp³-hybridized carbons (Fsp3) is 0.207. The van der Waals surface area contributed by atoms with Gasteiger partial charge in [-0.15, -0.1) is 0 Å². The predicted octanol–water partition coefficient (Wildman–Crippen LogP) is 5.12. The highest BCUT2D eigenvalue weighted by atomic mass is 16.2. The first-order valence-corrected chi connectivity index (χ1v) is 11.9. The summed E-state index contributed by atoms with van der Waals surface area (Å²) in [5.74, 6) is 0.446. The van der Waals surface area contributed by atoms with Crippen molar-refractivity contribution >= 4 is 17.5 Å². The highest BCUT2D eigenvalue weighted by molar-refractivity contribution is 5.97. The molecule has 5 rings (SSSR count). The van der Waals surface area contributed by atoms with Crippen LogP contribution in [0.5, 0.6) is 0 Å². The monoisotopic (exact) mass is 464 g/mol. The molecule has 6 nitrogen and oxygen atoms in total. The molecule has 2 N–H and O–H groups in total. The highest BCUT2D eigenvalue weighted by Crippen LogP contribution is 2.38. The maximum Gasteiger partial charge on any atom is 0.251 e. The molecular formula is C29H28N4O2. The number of aromatic nitrogens is 2. The minimum absolute atomic E-state index is 0.0515. The van der Waals surface area contributed by atoms with Crippen molar-refractivity contribution in [3.63, 3.8) is 0 Å². The van der Waals surface area contributed by atoms with Gasteiger partial charge in [0.25, 0.3) is 5.91 Å². The lowest BCUT2D eigenvalue weighted by molar-refractivity contribution is -0.117. The molecule has 3 aromatic carbocycles. The van der Waals surface area contributed by atoms with E-state index in [1.165, 1.54) is 0 Å². The Morgan fingerprint density at radius 1 is 0.943 bits per heavy atom. The minimum atomic E-state index is -0.173. The molecule has 0 spiro atoms. The van der Waals surface area contributed by atoms with Gasteiger partial charge in [0.2, 0.25) is 5.91 Å². The molecule has 1 aliphatic rings. The van der Waals surface area contributed by atoms with Crippen LogP contribution in [-0.2, 0) is 17.9 Å². The van der Waals surface area contributed by atoms with Crippen LogP contribution in [0.25, 0.3) is 11.3 Å². The van der Waals surface area contributed by atoms with Crippen LogP contribution in [0.2, 0.25) is 0 Å². The summed E-state index contributed by atoms with van der Waals surface area (Å²) >= 11 is 0. The molecule has 2 atom stereocenters. The topological polar surface area (TPSA) is 76.0 Å². The molecule has 1 saturated carbocycles. The molecule has 1 fully saturated rings. The van der Waals surface area contributed by atoms with Crippen LogP contribution in [0.4, 0.5) is 5.69 Å². The summed E-state index contributed by atoms with van der Waals surface area (Å²) in [4.78, 5) is 25.0. The first-order chi connectivity index (χ1) is 17.1. The molecule has 2 unspecified atom stereocenters. The number of carbonyl (C=O) groups is 2. The third-order valence-electron chi connectivity index (χ3n) is 6.37. The maximum atomic E-state index is 12.8. The molecule has 0 bridgehead atoms. The number of amides is 2. The lowest BCUT2D eigenvalue weighted by Crippen LogP contribution is -2.23. The number of nitrogens with one attached hydrogen (secondary N) is 2. The highest BCUT2D eigenvalue weighted by Gasteiger charge is 2.39. The van der Waals surface area contributed by atoms with Crippen molar-refractivity contribution in [3.8, 4) is 11.3 Å². The van der Waals surface area contributed by atoms with Crippen LogP contribution in [0.1, 0.15) is 34.8 Å². The number of hydrogen-bond acceptors (Lipinski definition) is 3. The number of benzene rings is 3. The van der Waals surface area contributed by atoms with E-state index >= 15 is 0 Å². The molecule has 6 heteroatoms. The van der Waals surface area contributed by atoms with Crippen molar-refractivity contribution in [2.75, 3.05) is 5.32 Å². The first-order valence-electron chi connectivity index (χ1n) is 11.9. The Balaban J connectivity index is 1.27. The van der Waals surface area contributed by atoms with Crippen LogP contribution in [0.15, 0.2) is 91.1 Å². The number of rotatable bonds is 8.